The van der Waals surface area contributed by atoms with Crippen molar-refractivity contribution in [3.8, 4) is 0 Å². The van der Waals surface area contributed by atoms with Crippen LogP contribution in [0.3, 0.4) is 0 Å². The van der Waals surface area contributed by atoms with Crippen molar-refractivity contribution in [2.24, 2.45) is 5.92 Å². The van der Waals surface area contributed by atoms with Crippen LogP contribution in [0.25, 0.3) is 0 Å². The molecule has 0 aromatic carbocycles. The molecule has 12 heteroatoms. The van der Waals surface area contributed by atoms with Gasteiger partial charge in [0, 0.05) is 6.04 Å². The summed E-state index contributed by atoms with van der Waals surface area (Å²) in [6.45, 7) is 1.45. The number of rotatable bonds is 3. The number of carbonyl (C=O) groups is 1. The van der Waals surface area contributed by atoms with Gasteiger partial charge in [0.05, 0.1) is 18.3 Å². The Morgan fingerprint density at radius 3 is 2.56 bits per heavy atom. The number of carbonyl (C=O) groups excluding carboxylic acids is 1. The summed E-state index contributed by atoms with van der Waals surface area (Å²) in [6, 6.07) is 0.0152. The molecule has 2 bridgehead atoms. The number of alkyl halides is 6. The average Bonchev–Trinajstić information content (AvgIpc) is 2.87. The fraction of sp³-hybridized carbons (Fsp3) is 0.769. The number of halogens is 6. The van der Waals surface area contributed by atoms with Gasteiger partial charge in [0.15, 0.2) is 5.69 Å². The van der Waals surface area contributed by atoms with Gasteiger partial charge in [0.1, 0.15) is 6.10 Å². The number of hydrogen-bond acceptors (Lipinski definition) is 5. The minimum absolute atomic E-state index is 0.0152. The number of fused-ring (bicyclic) bond motifs is 2. The van der Waals surface area contributed by atoms with Crippen LogP contribution in [0.2, 0.25) is 0 Å². The first-order valence-corrected chi connectivity index (χ1v) is 7.43. The van der Waals surface area contributed by atoms with Crippen LogP contribution in [0.15, 0.2) is 6.20 Å². The number of ether oxygens (including phenoxy) is 1. The van der Waals surface area contributed by atoms with E-state index in [0.29, 0.717) is 19.0 Å². The molecular weight excluding hydrogens is 358 g/mol. The lowest BCUT2D eigenvalue weighted by Crippen LogP contribution is -2.77. The minimum atomic E-state index is -5.14. The molecular formula is C13H14F6N4O2. The molecule has 1 N–H and O–H groups in total. The molecule has 4 unspecified atom stereocenters. The van der Waals surface area contributed by atoms with E-state index in [1.807, 2.05) is 0 Å². The quantitative estimate of drug-likeness (QED) is 0.649. The number of piperidine rings is 1. The first-order chi connectivity index (χ1) is 11.4. The van der Waals surface area contributed by atoms with Crippen molar-refractivity contribution in [2.45, 2.75) is 56.3 Å². The summed E-state index contributed by atoms with van der Waals surface area (Å²) < 4.78 is 80.9. The summed E-state index contributed by atoms with van der Waals surface area (Å²) >= 11 is 0. The zero-order valence-electron chi connectivity index (χ0n) is 12.9. The second-order valence-electron chi connectivity index (χ2n) is 6.54. The van der Waals surface area contributed by atoms with Gasteiger partial charge in [-0.1, -0.05) is 12.1 Å². The Labute approximate surface area is 137 Å². The molecule has 4 rings (SSSR count). The smallest absolute Gasteiger partial charge is 0.453 e. The van der Waals surface area contributed by atoms with E-state index in [-0.39, 0.29) is 18.5 Å². The van der Waals surface area contributed by atoms with Gasteiger partial charge in [-0.05, 0) is 18.8 Å². The molecule has 6 nitrogen and oxygen atoms in total. The molecule has 140 valence electrons. The Kier molecular flexibility index (Phi) is 4.01. The molecule has 0 spiro atoms. The van der Waals surface area contributed by atoms with E-state index >= 15 is 0 Å². The van der Waals surface area contributed by atoms with Crippen LogP contribution in [0.4, 0.5) is 26.3 Å². The number of nitrogens with zero attached hydrogens (tertiary/aromatic N) is 3. The summed E-state index contributed by atoms with van der Waals surface area (Å²) in [4.78, 5) is 11.2. The van der Waals surface area contributed by atoms with Crippen molar-refractivity contribution in [3.63, 3.8) is 0 Å². The predicted octanol–water partition coefficient (Wildman–Crippen LogP) is 1.91. The van der Waals surface area contributed by atoms with Crippen molar-refractivity contribution in [2.75, 3.05) is 0 Å². The van der Waals surface area contributed by atoms with E-state index in [1.165, 1.54) is 0 Å². The van der Waals surface area contributed by atoms with Crippen molar-refractivity contribution in [1.29, 1.82) is 0 Å². The SMILES string of the molecule is CC1CC2CC(Cn3cc(C(F)(F)F)nn3)(N2)C1OC(=O)C(F)(F)F. The first-order valence-electron chi connectivity index (χ1n) is 7.43. The maximum absolute atomic E-state index is 12.6. The molecule has 4 atom stereocenters. The molecule has 1 aromatic heterocycles. The number of nitrogens with one attached hydrogen (secondary N) is 1. The van der Waals surface area contributed by atoms with E-state index in [9.17, 15) is 31.1 Å². The zero-order chi connectivity index (χ0) is 18.6. The molecule has 1 aliphatic carbocycles. The van der Waals surface area contributed by atoms with Crippen LogP contribution >= 0.6 is 0 Å². The van der Waals surface area contributed by atoms with Crippen molar-refractivity contribution >= 4 is 5.97 Å². The van der Waals surface area contributed by atoms with E-state index in [1.54, 1.807) is 6.92 Å². The molecule has 2 aliphatic heterocycles. The van der Waals surface area contributed by atoms with Crippen LogP contribution in [-0.4, -0.2) is 44.8 Å². The molecule has 0 radical (unpaired) electrons. The maximum Gasteiger partial charge on any atom is 0.490 e. The third-order valence-corrected chi connectivity index (χ3v) is 4.56. The number of aromatic nitrogens is 3. The van der Waals surface area contributed by atoms with Crippen LogP contribution in [0.1, 0.15) is 25.5 Å². The van der Waals surface area contributed by atoms with Gasteiger partial charge in [-0.2, -0.15) is 26.3 Å². The van der Waals surface area contributed by atoms with E-state index in [2.05, 4.69) is 20.4 Å². The fourth-order valence-corrected chi connectivity index (χ4v) is 3.69. The molecule has 25 heavy (non-hydrogen) atoms. The minimum Gasteiger partial charge on any atom is -0.453 e. The number of hydrogen-bond donors (Lipinski definition) is 1. The molecule has 0 amide bonds. The lowest BCUT2D eigenvalue weighted by atomic mass is 9.64. The van der Waals surface area contributed by atoms with Gasteiger partial charge >= 0.3 is 18.3 Å². The van der Waals surface area contributed by atoms with Gasteiger partial charge in [-0.3, -0.25) is 0 Å². The highest BCUT2D eigenvalue weighted by atomic mass is 19.4. The fourth-order valence-electron chi connectivity index (χ4n) is 3.69. The molecule has 1 saturated carbocycles. The lowest BCUT2D eigenvalue weighted by Gasteiger charge is -2.59. The highest BCUT2D eigenvalue weighted by Crippen LogP contribution is 2.45. The van der Waals surface area contributed by atoms with Gasteiger partial charge in [-0.15, -0.1) is 5.10 Å². The standard InChI is InChI=1S/C13H14F6N4O2/c1-6-2-7-3-11(20-7,9(6)25-10(24)13(17,18)19)5-23-4-8(21-22-23)12(14,15)16/h4,6-7,9,20H,2-3,5H2,1H3. The van der Waals surface area contributed by atoms with E-state index in [4.69, 9.17) is 0 Å². The topological polar surface area (TPSA) is 69.0 Å². The van der Waals surface area contributed by atoms with E-state index < -0.39 is 35.7 Å². The second kappa shape index (κ2) is 5.58. The second-order valence-corrected chi connectivity index (χ2v) is 6.54. The Balaban J connectivity index is 1.80. The van der Waals surface area contributed by atoms with Gasteiger partial charge in [0.2, 0.25) is 0 Å². The van der Waals surface area contributed by atoms with Crippen LogP contribution < -0.4 is 5.32 Å². The maximum atomic E-state index is 12.6. The summed E-state index contributed by atoms with van der Waals surface area (Å²) in [7, 11) is 0. The van der Waals surface area contributed by atoms with Gasteiger partial charge in [-0.25, -0.2) is 9.48 Å². The first kappa shape index (κ1) is 18.0. The normalized spacial score (nSPS) is 32.2. The molecule has 2 saturated heterocycles. The third kappa shape index (κ3) is 3.31. The van der Waals surface area contributed by atoms with Gasteiger partial charge < -0.3 is 10.1 Å². The highest BCUT2D eigenvalue weighted by molar-refractivity contribution is 5.76. The Hall–Kier alpha value is -1.85. The summed E-state index contributed by atoms with van der Waals surface area (Å²) in [5, 5.41) is 9.41. The van der Waals surface area contributed by atoms with E-state index in [0.717, 1.165) is 4.68 Å². The highest BCUT2D eigenvalue weighted by Gasteiger charge is 2.59. The van der Waals surface area contributed by atoms with Crippen molar-refractivity contribution in [1.82, 2.24) is 20.3 Å². The molecule has 3 aliphatic rings. The summed E-state index contributed by atoms with van der Waals surface area (Å²) in [6.07, 6.45) is -9.40. The van der Waals surface area contributed by atoms with Gasteiger partial charge in [0.25, 0.3) is 0 Å². The molecule has 3 heterocycles. The summed E-state index contributed by atoms with van der Waals surface area (Å²) in [5.41, 5.74) is -2.30. The average molecular weight is 372 g/mol. The lowest BCUT2D eigenvalue weighted by molar-refractivity contribution is -0.220. The number of esters is 1. The predicted molar refractivity (Wildman–Crippen MR) is 69.0 cm³/mol. The zero-order valence-corrected chi connectivity index (χ0v) is 12.9. The van der Waals surface area contributed by atoms with Crippen LogP contribution in [0.5, 0.6) is 0 Å². The third-order valence-electron chi connectivity index (χ3n) is 4.56. The Morgan fingerprint density at radius 2 is 2.04 bits per heavy atom. The van der Waals surface area contributed by atoms with Crippen LogP contribution in [-0.2, 0) is 22.3 Å². The van der Waals surface area contributed by atoms with Crippen LogP contribution in [0, 0.1) is 5.92 Å². The Morgan fingerprint density at radius 1 is 1.40 bits per heavy atom. The molecule has 1 aromatic rings. The largest absolute Gasteiger partial charge is 0.490 e. The Bertz CT molecular complexity index is 664. The monoisotopic (exact) mass is 372 g/mol. The van der Waals surface area contributed by atoms with Crippen molar-refractivity contribution < 1.29 is 35.9 Å². The van der Waals surface area contributed by atoms with Crippen molar-refractivity contribution in [3.05, 3.63) is 11.9 Å². The molecule has 3 fully saturated rings. The summed E-state index contributed by atoms with van der Waals surface area (Å²) in [5.74, 6) is -2.69.